The zero-order chi connectivity index (χ0) is 16.9. The summed E-state index contributed by atoms with van der Waals surface area (Å²) in [5.41, 5.74) is 2.30. The minimum absolute atomic E-state index is 0.189. The Bertz CT molecular complexity index is 702. The first-order valence-electron chi connectivity index (χ1n) is 8.05. The summed E-state index contributed by atoms with van der Waals surface area (Å²) in [5, 5.41) is 3.52. The van der Waals surface area contributed by atoms with Crippen LogP contribution in [0.15, 0.2) is 36.4 Å². The maximum absolute atomic E-state index is 5.65. The second-order valence-corrected chi connectivity index (χ2v) is 5.70. The lowest BCUT2D eigenvalue weighted by Gasteiger charge is -2.21. The third kappa shape index (κ3) is 3.57. The van der Waals surface area contributed by atoms with Crippen molar-refractivity contribution in [2.75, 3.05) is 27.4 Å². The van der Waals surface area contributed by atoms with Crippen LogP contribution in [0.3, 0.4) is 0 Å². The van der Waals surface area contributed by atoms with Crippen LogP contribution in [0.4, 0.5) is 0 Å². The van der Waals surface area contributed by atoms with E-state index in [9.17, 15) is 0 Å². The zero-order valence-corrected chi connectivity index (χ0v) is 14.3. The van der Waals surface area contributed by atoms with Gasteiger partial charge in [0.25, 0.3) is 0 Å². The Morgan fingerprint density at radius 2 is 1.71 bits per heavy atom. The Morgan fingerprint density at radius 1 is 0.958 bits per heavy atom. The number of benzene rings is 2. The standard InChI is InChI=1S/C19H23NO4/c1-13(15-5-7-17-19(11-15)24-9-8-23-17)20-12-14-4-6-16(21-2)18(10-14)22-3/h4-7,10-11,13,20H,8-9,12H2,1-3H3. The molecule has 5 heteroatoms. The summed E-state index contributed by atoms with van der Waals surface area (Å²) in [6.45, 7) is 4.07. The largest absolute Gasteiger partial charge is 0.493 e. The lowest BCUT2D eigenvalue weighted by atomic mass is 10.1. The number of fused-ring (bicyclic) bond motifs is 1. The second kappa shape index (κ2) is 7.45. The highest BCUT2D eigenvalue weighted by molar-refractivity contribution is 5.45. The molecule has 0 radical (unpaired) electrons. The van der Waals surface area contributed by atoms with Gasteiger partial charge in [-0.1, -0.05) is 12.1 Å². The van der Waals surface area contributed by atoms with Gasteiger partial charge in [-0.15, -0.1) is 0 Å². The van der Waals surface area contributed by atoms with Gasteiger partial charge >= 0.3 is 0 Å². The quantitative estimate of drug-likeness (QED) is 0.881. The number of hydrogen-bond donors (Lipinski definition) is 1. The van der Waals surface area contributed by atoms with Crippen molar-refractivity contribution in [1.29, 1.82) is 0 Å². The maximum atomic E-state index is 5.65. The molecule has 1 aliphatic rings. The van der Waals surface area contributed by atoms with Crippen molar-refractivity contribution in [3.8, 4) is 23.0 Å². The summed E-state index contributed by atoms with van der Waals surface area (Å²) in [4.78, 5) is 0. The minimum Gasteiger partial charge on any atom is -0.493 e. The van der Waals surface area contributed by atoms with Gasteiger partial charge in [-0.25, -0.2) is 0 Å². The van der Waals surface area contributed by atoms with Crippen molar-refractivity contribution in [2.45, 2.75) is 19.5 Å². The summed E-state index contributed by atoms with van der Waals surface area (Å²) >= 11 is 0. The molecular weight excluding hydrogens is 306 g/mol. The summed E-state index contributed by atoms with van der Waals surface area (Å²) in [5.74, 6) is 3.11. The molecule has 5 nitrogen and oxygen atoms in total. The van der Waals surface area contributed by atoms with E-state index in [1.807, 2.05) is 30.3 Å². The molecule has 0 saturated carbocycles. The van der Waals surface area contributed by atoms with Crippen LogP contribution in [0.5, 0.6) is 23.0 Å². The van der Waals surface area contributed by atoms with Gasteiger partial charge in [-0.05, 0) is 42.3 Å². The van der Waals surface area contributed by atoms with Gasteiger partial charge in [0, 0.05) is 12.6 Å². The van der Waals surface area contributed by atoms with E-state index >= 15 is 0 Å². The topological polar surface area (TPSA) is 49.0 Å². The lowest BCUT2D eigenvalue weighted by molar-refractivity contribution is 0.171. The van der Waals surface area contributed by atoms with Gasteiger partial charge in [0.1, 0.15) is 13.2 Å². The molecule has 3 rings (SSSR count). The van der Waals surface area contributed by atoms with Crippen LogP contribution in [0.25, 0.3) is 0 Å². The molecule has 1 atom stereocenters. The molecule has 1 heterocycles. The molecule has 2 aromatic rings. The number of hydrogen-bond acceptors (Lipinski definition) is 5. The molecule has 24 heavy (non-hydrogen) atoms. The number of nitrogens with one attached hydrogen (secondary N) is 1. The second-order valence-electron chi connectivity index (χ2n) is 5.70. The van der Waals surface area contributed by atoms with E-state index in [1.54, 1.807) is 14.2 Å². The van der Waals surface area contributed by atoms with E-state index in [4.69, 9.17) is 18.9 Å². The van der Waals surface area contributed by atoms with Crippen molar-refractivity contribution in [1.82, 2.24) is 5.32 Å². The van der Waals surface area contributed by atoms with E-state index in [1.165, 1.54) is 5.56 Å². The van der Waals surface area contributed by atoms with Crippen LogP contribution < -0.4 is 24.3 Å². The molecule has 1 N–H and O–H groups in total. The third-order valence-electron chi connectivity index (χ3n) is 4.13. The van der Waals surface area contributed by atoms with Crippen molar-refractivity contribution in [3.05, 3.63) is 47.5 Å². The Hall–Kier alpha value is -2.40. The van der Waals surface area contributed by atoms with Gasteiger partial charge in [0.2, 0.25) is 0 Å². The molecule has 0 bridgehead atoms. The normalized spacial score (nSPS) is 14.1. The zero-order valence-electron chi connectivity index (χ0n) is 14.3. The molecular formula is C19H23NO4. The smallest absolute Gasteiger partial charge is 0.161 e. The first-order chi connectivity index (χ1) is 11.7. The predicted octanol–water partition coefficient (Wildman–Crippen LogP) is 3.33. The summed E-state index contributed by atoms with van der Waals surface area (Å²) in [6.07, 6.45) is 0. The molecule has 0 aromatic heterocycles. The molecule has 0 saturated heterocycles. The van der Waals surface area contributed by atoms with Crippen LogP contribution in [0, 0.1) is 0 Å². The highest BCUT2D eigenvalue weighted by Crippen LogP contribution is 2.33. The first-order valence-corrected chi connectivity index (χ1v) is 8.05. The Balaban J connectivity index is 1.66. The van der Waals surface area contributed by atoms with Crippen LogP contribution in [-0.2, 0) is 6.54 Å². The van der Waals surface area contributed by atoms with E-state index in [0.717, 1.165) is 35.1 Å². The molecule has 2 aromatic carbocycles. The molecule has 1 aliphatic heterocycles. The fourth-order valence-electron chi connectivity index (χ4n) is 2.71. The molecule has 0 spiro atoms. The molecule has 0 fully saturated rings. The van der Waals surface area contributed by atoms with Gasteiger partial charge in [-0.3, -0.25) is 0 Å². The van der Waals surface area contributed by atoms with Gasteiger partial charge in [0.15, 0.2) is 23.0 Å². The summed E-state index contributed by atoms with van der Waals surface area (Å²) in [7, 11) is 3.28. The SMILES string of the molecule is COc1ccc(CNC(C)c2ccc3c(c2)OCCO3)cc1OC. The number of rotatable bonds is 6. The average Bonchev–Trinajstić information content (AvgIpc) is 2.65. The highest BCUT2D eigenvalue weighted by atomic mass is 16.6. The van der Waals surface area contributed by atoms with Crippen molar-refractivity contribution in [2.24, 2.45) is 0 Å². The monoisotopic (exact) mass is 329 g/mol. The summed E-state index contributed by atoms with van der Waals surface area (Å²) < 4.78 is 21.8. The Morgan fingerprint density at radius 3 is 2.46 bits per heavy atom. The molecule has 0 amide bonds. The van der Waals surface area contributed by atoms with E-state index < -0.39 is 0 Å². The van der Waals surface area contributed by atoms with E-state index in [-0.39, 0.29) is 6.04 Å². The van der Waals surface area contributed by atoms with Crippen LogP contribution in [0.1, 0.15) is 24.1 Å². The van der Waals surface area contributed by atoms with Gasteiger partial charge in [-0.2, -0.15) is 0 Å². The van der Waals surface area contributed by atoms with Crippen molar-refractivity contribution >= 4 is 0 Å². The van der Waals surface area contributed by atoms with E-state index in [2.05, 4.69) is 18.3 Å². The molecule has 0 aliphatic carbocycles. The third-order valence-corrected chi connectivity index (χ3v) is 4.13. The van der Waals surface area contributed by atoms with Crippen LogP contribution in [-0.4, -0.2) is 27.4 Å². The molecule has 128 valence electrons. The van der Waals surface area contributed by atoms with Gasteiger partial charge in [0.05, 0.1) is 14.2 Å². The van der Waals surface area contributed by atoms with Crippen LogP contribution >= 0.6 is 0 Å². The van der Waals surface area contributed by atoms with E-state index in [0.29, 0.717) is 13.2 Å². The van der Waals surface area contributed by atoms with Gasteiger partial charge < -0.3 is 24.3 Å². The average molecular weight is 329 g/mol. The maximum Gasteiger partial charge on any atom is 0.161 e. The lowest BCUT2D eigenvalue weighted by Crippen LogP contribution is -2.19. The summed E-state index contributed by atoms with van der Waals surface area (Å²) in [6, 6.07) is 12.2. The fourth-order valence-corrected chi connectivity index (χ4v) is 2.71. The number of methoxy groups -OCH3 is 2. The molecule has 1 unspecified atom stereocenters. The fraction of sp³-hybridized carbons (Fsp3) is 0.368. The Kier molecular flexibility index (Phi) is 5.11. The van der Waals surface area contributed by atoms with Crippen molar-refractivity contribution < 1.29 is 18.9 Å². The van der Waals surface area contributed by atoms with Crippen LogP contribution in [0.2, 0.25) is 0 Å². The first kappa shape index (κ1) is 16.5. The Labute approximate surface area is 142 Å². The number of ether oxygens (including phenoxy) is 4. The highest BCUT2D eigenvalue weighted by Gasteiger charge is 2.14. The predicted molar refractivity (Wildman–Crippen MR) is 92.2 cm³/mol. The minimum atomic E-state index is 0.189. The van der Waals surface area contributed by atoms with Crippen molar-refractivity contribution in [3.63, 3.8) is 0 Å².